The Balaban J connectivity index is 2.48. The quantitative estimate of drug-likeness (QED) is 0.812. The topological polar surface area (TPSA) is 110 Å². The minimum absolute atomic E-state index is 0.0267. The molecular weight excluding hydrogens is 335 g/mol. The van der Waals surface area contributed by atoms with E-state index in [-0.39, 0.29) is 21.9 Å². The van der Waals surface area contributed by atoms with E-state index in [0.717, 1.165) is 12.3 Å². The molecule has 3 N–H and O–H groups in total. The van der Waals surface area contributed by atoms with Crippen LogP contribution in [0, 0.1) is 5.82 Å². The molecule has 0 radical (unpaired) electrons. The van der Waals surface area contributed by atoms with E-state index in [2.05, 4.69) is 4.98 Å². The first-order valence-corrected chi connectivity index (χ1v) is 8.84. The second-order valence-corrected chi connectivity index (χ2v) is 7.44. The molecule has 6 nitrogen and oxygen atoms in total. The van der Waals surface area contributed by atoms with E-state index in [1.807, 2.05) is 0 Å². The van der Waals surface area contributed by atoms with Crippen molar-refractivity contribution in [2.24, 2.45) is 5.73 Å². The smallest absolute Gasteiger partial charge is 0.250 e. The SMILES string of the molecule is CCS(=O)(=O)c1ccc([C@@H](CO)c2ncc(F)cc2C(N)=O)cc1. The molecule has 0 fully saturated rings. The first-order chi connectivity index (χ1) is 11.3. The summed E-state index contributed by atoms with van der Waals surface area (Å²) in [4.78, 5) is 15.5. The van der Waals surface area contributed by atoms with Crippen LogP contribution in [0.1, 0.15) is 34.5 Å². The standard InChI is InChI=1S/C16H17FN2O4S/c1-2-24(22,23)12-5-3-10(4-6-12)14(9-20)15-13(16(18)21)7-11(17)8-19-15/h3-8,14,20H,2,9H2,1H3,(H2,18,21)/t14-/m1/s1. The first kappa shape index (κ1) is 18.0. The maximum atomic E-state index is 13.3. The number of amides is 1. The van der Waals surface area contributed by atoms with E-state index in [1.54, 1.807) is 6.92 Å². The molecule has 0 aliphatic carbocycles. The molecule has 24 heavy (non-hydrogen) atoms. The molecule has 0 spiro atoms. The van der Waals surface area contributed by atoms with Crippen molar-refractivity contribution in [2.75, 3.05) is 12.4 Å². The number of aliphatic hydroxyl groups is 1. The molecule has 1 aromatic carbocycles. The molecule has 0 saturated carbocycles. The van der Waals surface area contributed by atoms with E-state index >= 15 is 0 Å². The monoisotopic (exact) mass is 352 g/mol. The summed E-state index contributed by atoms with van der Waals surface area (Å²) in [5.74, 6) is -2.33. The van der Waals surface area contributed by atoms with Gasteiger partial charge in [-0.2, -0.15) is 0 Å². The van der Waals surface area contributed by atoms with Gasteiger partial charge in [0.2, 0.25) is 0 Å². The molecule has 128 valence electrons. The third-order valence-electron chi connectivity index (χ3n) is 3.68. The lowest BCUT2D eigenvalue weighted by Gasteiger charge is -2.17. The predicted octanol–water partition coefficient (Wildman–Crippen LogP) is 1.24. The number of hydrogen-bond donors (Lipinski definition) is 2. The van der Waals surface area contributed by atoms with Gasteiger partial charge in [-0.1, -0.05) is 19.1 Å². The minimum atomic E-state index is -3.34. The Morgan fingerprint density at radius 2 is 1.96 bits per heavy atom. The van der Waals surface area contributed by atoms with Gasteiger partial charge in [-0.25, -0.2) is 12.8 Å². The zero-order chi connectivity index (χ0) is 17.9. The highest BCUT2D eigenvalue weighted by molar-refractivity contribution is 7.91. The normalized spacial score (nSPS) is 12.8. The number of carbonyl (C=O) groups is 1. The molecule has 1 amide bonds. The number of nitrogens with two attached hydrogens (primary N) is 1. The Morgan fingerprint density at radius 3 is 2.46 bits per heavy atom. The predicted molar refractivity (Wildman–Crippen MR) is 85.8 cm³/mol. The third-order valence-corrected chi connectivity index (χ3v) is 5.44. The van der Waals surface area contributed by atoms with Crippen LogP contribution in [0.25, 0.3) is 0 Å². The Morgan fingerprint density at radius 1 is 1.33 bits per heavy atom. The second kappa shape index (κ2) is 7.06. The van der Waals surface area contributed by atoms with Gasteiger partial charge in [-0.05, 0) is 23.8 Å². The molecule has 0 unspecified atom stereocenters. The van der Waals surface area contributed by atoms with Crippen LogP contribution in [-0.4, -0.2) is 36.8 Å². The van der Waals surface area contributed by atoms with Crippen LogP contribution < -0.4 is 5.73 Å². The zero-order valence-electron chi connectivity index (χ0n) is 12.9. The van der Waals surface area contributed by atoms with Crippen LogP contribution in [-0.2, 0) is 9.84 Å². The van der Waals surface area contributed by atoms with Crippen LogP contribution in [0.15, 0.2) is 41.4 Å². The summed E-state index contributed by atoms with van der Waals surface area (Å²) in [6, 6.07) is 6.86. The van der Waals surface area contributed by atoms with Crippen LogP contribution in [0.2, 0.25) is 0 Å². The highest BCUT2D eigenvalue weighted by Crippen LogP contribution is 2.27. The van der Waals surface area contributed by atoms with E-state index in [4.69, 9.17) is 5.73 Å². The summed E-state index contributed by atoms with van der Waals surface area (Å²) >= 11 is 0. The highest BCUT2D eigenvalue weighted by Gasteiger charge is 2.22. The van der Waals surface area contributed by atoms with Gasteiger partial charge in [0, 0.05) is 0 Å². The van der Waals surface area contributed by atoms with Gasteiger partial charge >= 0.3 is 0 Å². The van der Waals surface area contributed by atoms with Gasteiger partial charge in [0.1, 0.15) is 5.82 Å². The number of carbonyl (C=O) groups excluding carboxylic acids is 1. The zero-order valence-corrected chi connectivity index (χ0v) is 13.8. The summed E-state index contributed by atoms with van der Waals surface area (Å²) < 4.78 is 37.0. The van der Waals surface area contributed by atoms with E-state index < -0.39 is 34.1 Å². The maximum Gasteiger partial charge on any atom is 0.250 e. The van der Waals surface area contributed by atoms with Crippen molar-refractivity contribution in [3.05, 3.63) is 59.2 Å². The van der Waals surface area contributed by atoms with Crippen molar-refractivity contribution in [3.63, 3.8) is 0 Å². The number of hydrogen-bond acceptors (Lipinski definition) is 5. The lowest BCUT2D eigenvalue weighted by atomic mass is 9.93. The average Bonchev–Trinajstić information content (AvgIpc) is 2.57. The molecular formula is C16H17FN2O4S. The van der Waals surface area contributed by atoms with Gasteiger partial charge in [0.15, 0.2) is 9.84 Å². The number of aromatic nitrogens is 1. The summed E-state index contributed by atoms with van der Waals surface area (Å²) in [5.41, 5.74) is 5.79. The summed E-state index contributed by atoms with van der Waals surface area (Å²) in [7, 11) is -3.34. The molecule has 0 saturated heterocycles. The largest absolute Gasteiger partial charge is 0.395 e. The van der Waals surface area contributed by atoms with E-state index in [0.29, 0.717) is 5.56 Å². The maximum absolute atomic E-state index is 13.3. The molecule has 0 aliphatic rings. The number of halogens is 1. The van der Waals surface area contributed by atoms with Crippen molar-refractivity contribution < 1.29 is 22.7 Å². The third kappa shape index (κ3) is 3.60. The number of aliphatic hydroxyl groups excluding tert-OH is 1. The van der Waals surface area contributed by atoms with Crippen molar-refractivity contribution in [1.29, 1.82) is 0 Å². The van der Waals surface area contributed by atoms with Crippen molar-refractivity contribution >= 4 is 15.7 Å². The fourth-order valence-electron chi connectivity index (χ4n) is 2.35. The Bertz CT molecular complexity index is 851. The number of pyridine rings is 1. The molecule has 1 heterocycles. The number of nitrogens with zero attached hydrogens (tertiary/aromatic N) is 1. The molecule has 8 heteroatoms. The van der Waals surface area contributed by atoms with Crippen molar-refractivity contribution in [1.82, 2.24) is 4.98 Å². The fourth-order valence-corrected chi connectivity index (χ4v) is 3.23. The van der Waals surface area contributed by atoms with Gasteiger partial charge in [-0.15, -0.1) is 0 Å². The summed E-state index contributed by atoms with van der Waals surface area (Å²) in [6.07, 6.45) is 0.931. The Kier molecular flexibility index (Phi) is 5.30. The van der Waals surface area contributed by atoms with Crippen LogP contribution in [0.3, 0.4) is 0 Å². The van der Waals surface area contributed by atoms with Crippen molar-refractivity contribution in [2.45, 2.75) is 17.7 Å². The number of primary amides is 1. The highest BCUT2D eigenvalue weighted by atomic mass is 32.2. The first-order valence-electron chi connectivity index (χ1n) is 7.19. The number of rotatable bonds is 6. The van der Waals surface area contributed by atoms with Crippen LogP contribution in [0.5, 0.6) is 0 Å². The van der Waals surface area contributed by atoms with E-state index in [9.17, 15) is 22.7 Å². The second-order valence-electron chi connectivity index (χ2n) is 5.16. The summed E-state index contributed by atoms with van der Waals surface area (Å²) in [5, 5.41) is 9.68. The Labute approximate surface area is 139 Å². The summed E-state index contributed by atoms with van der Waals surface area (Å²) in [6.45, 7) is 1.14. The van der Waals surface area contributed by atoms with Crippen LogP contribution >= 0.6 is 0 Å². The lowest BCUT2D eigenvalue weighted by molar-refractivity contribution is 0.0997. The Hall–Kier alpha value is -2.32. The molecule has 2 rings (SSSR count). The fraction of sp³-hybridized carbons (Fsp3) is 0.250. The molecule has 1 atom stereocenters. The molecule has 0 bridgehead atoms. The van der Waals surface area contributed by atoms with Gasteiger partial charge < -0.3 is 10.8 Å². The molecule has 2 aromatic rings. The average molecular weight is 352 g/mol. The van der Waals surface area contributed by atoms with Crippen LogP contribution in [0.4, 0.5) is 4.39 Å². The van der Waals surface area contributed by atoms with Gasteiger partial charge in [-0.3, -0.25) is 9.78 Å². The van der Waals surface area contributed by atoms with Gasteiger partial charge in [0.05, 0.1) is 40.6 Å². The number of sulfone groups is 1. The molecule has 1 aromatic heterocycles. The minimum Gasteiger partial charge on any atom is -0.395 e. The van der Waals surface area contributed by atoms with E-state index in [1.165, 1.54) is 24.3 Å². The molecule has 0 aliphatic heterocycles. The van der Waals surface area contributed by atoms with Crippen molar-refractivity contribution in [3.8, 4) is 0 Å². The van der Waals surface area contributed by atoms with Gasteiger partial charge in [0.25, 0.3) is 5.91 Å². The lowest BCUT2D eigenvalue weighted by Crippen LogP contribution is -2.19. The number of benzene rings is 1.